The third kappa shape index (κ3) is 2.09. The molecular weight excluding hydrogens is 288 g/mol. The van der Waals surface area contributed by atoms with E-state index in [9.17, 15) is 0 Å². The fourth-order valence-corrected chi connectivity index (χ4v) is 2.31. The molecule has 0 aliphatic rings. The van der Waals surface area contributed by atoms with E-state index in [4.69, 9.17) is 0 Å². The molecular formula is C15H11BrN2. The molecule has 3 aromatic rings. The topological polar surface area (TPSA) is 24.9 Å². The molecule has 18 heavy (non-hydrogen) atoms. The molecule has 0 amide bonds. The van der Waals surface area contributed by atoms with Crippen molar-refractivity contribution in [2.45, 2.75) is 0 Å². The number of hydrogen-bond acceptors (Lipinski definition) is 2. The largest absolute Gasteiger partial charge is 0.354 e. The second kappa shape index (κ2) is 4.78. The van der Waals surface area contributed by atoms with Gasteiger partial charge in [0.05, 0.1) is 10.2 Å². The molecule has 1 N–H and O–H groups in total. The van der Waals surface area contributed by atoms with Crippen molar-refractivity contribution >= 4 is 38.1 Å². The van der Waals surface area contributed by atoms with Crippen molar-refractivity contribution in [2.24, 2.45) is 0 Å². The van der Waals surface area contributed by atoms with Gasteiger partial charge in [-0.3, -0.25) is 4.98 Å². The minimum atomic E-state index is 0.956. The molecule has 0 atom stereocenters. The zero-order chi connectivity index (χ0) is 12.4. The van der Waals surface area contributed by atoms with E-state index in [1.807, 2.05) is 6.07 Å². The van der Waals surface area contributed by atoms with Gasteiger partial charge in [-0.05, 0) is 33.4 Å². The number of nitrogens with zero attached hydrogens (tertiary/aromatic N) is 1. The van der Waals surface area contributed by atoms with E-state index >= 15 is 0 Å². The molecule has 0 saturated heterocycles. The van der Waals surface area contributed by atoms with E-state index < -0.39 is 0 Å². The van der Waals surface area contributed by atoms with Crippen molar-refractivity contribution in [2.75, 3.05) is 5.32 Å². The van der Waals surface area contributed by atoms with Crippen LogP contribution in [0.3, 0.4) is 0 Å². The quantitative estimate of drug-likeness (QED) is 0.739. The summed E-state index contributed by atoms with van der Waals surface area (Å²) in [4.78, 5) is 4.06. The van der Waals surface area contributed by atoms with Crippen LogP contribution in [0.5, 0.6) is 0 Å². The summed E-state index contributed by atoms with van der Waals surface area (Å²) >= 11 is 3.49. The lowest BCUT2D eigenvalue weighted by molar-refractivity contribution is 1.31. The molecule has 0 unspecified atom stereocenters. The second-order valence-corrected chi connectivity index (χ2v) is 4.86. The fraction of sp³-hybridized carbons (Fsp3) is 0. The van der Waals surface area contributed by atoms with Crippen molar-refractivity contribution in [3.05, 3.63) is 65.4 Å². The first-order chi connectivity index (χ1) is 8.84. The van der Waals surface area contributed by atoms with Gasteiger partial charge < -0.3 is 5.32 Å². The van der Waals surface area contributed by atoms with Gasteiger partial charge >= 0.3 is 0 Å². The van der Waals surface area contributed by atoms with Gasteiger partial charge in [0.1, 0.15) is 0 Å². The third-order valence-electron chi connectivity index (χ3n) is 2.83. The number of hydrogen-bond donors (Lipinski definition) is 1. The van der Waals surface area contributed by atoms with Gasteiger partial charge in [-0.2, -0.15) is 0 Å². The van der Waals surface area contributed by atoms with Crippen LogP contribution in [0.2, 0.25) is 0 Å². The number of rotatable bonds is 2. The van der Waals surface area contributed by atoms with E-state index in [0.29, 0.717) is 0 Å². The van der Waals surface area contributed by atoms with E-state index in [0.717, 1.165) is 15.8 Å². The molecule has 0 fully saturated rings. The van der Waals surface area contributed by atoms with Crippen LogP contribution in [0.25, 0.3) is 10.8 Å². The predicted molar refractivity (Wildman–Crippen MR) is 79.2 cm³/mol. The maximum atomic E-state index is 4.06. The molecule has 0 saturated carbocycles. The summed E-state index contributed by atoms with van der Waals surface area (Å²) in [7, 11) is 0. The number of fused-ring (bicyclic) bond motifs is 1. The maximum Gasteiger partial charge on any atom is 0.0593 e. The van der Waals surface area contributed by atoms with Crippen LogP contribution in [0.4, 0.5) is 11.4 Å². The van der Waals surface area contributed by atoms with Gasteiger partial charge in [0.15, 0.2) is 0 Å². The Morgan fingerprint density at radius 2 is 1.72 bits per heavy atom. The molecule has 88 valence electrons. The van der Waals surface area contributed by atoms with E-state index in [1.165, 1.54) is 10.8 Å². The highest BCUT2D eigenvalue weighted by Crippen LogP contribution is 2.29. The number of anilines is 2. The Hall–Kier alpha value is -1.87. The Morgan fingerprint density at radius 3 is 2.61 bits per heavy atom. The van der Waals surface area contributed by atoms with Gasteiger partial charge in [0.25, 0.3) is 0 Å². The standard InChI is InChI=1S/C15H11BrN2/c16-13-10-17-9-8-15(13)18-14-7-3-5-11-4-1-2-6-12(11)14/h1-10H,(H,17,18). The van der Waals surface area contributed by atoms with Crippen molar-refractivity contribution in [3.63, 3.8) is 0 Å². The Balaban J connectivity index is 2.08. The minimum absolute atomic E-state index is 0.956. The van der Waals surface area contributed by atoms with Crippen LogP contribution >= 0.6 is 15.9 Å². The first kappa shape index (κ1) is 11.2. The Labute approximate surface area is 114 Å². The average molecular weight is 299 g/mol. The summed E-state index contributed by atoms with van der Waals surface area (Å²) in [5.74, 6) is 0. The van der Waals surface area contributed by atoms with Gasteiger partial charge in [0.2, 0.25) is 0 Å². The molecule has 0 aliphatic heterocycles. The first-order valence-corrected chi connectivity index (χ1v) is 6.48. The van der Waals surface area contributed by atoms with Crippen molar-refractivity contribution in [1.29, 1.82) is 0 Å². The average Bonchev–Trinajstić information content (AvgIpc) is 2.42. The van der Waals surface area contributed by atoms with Gasteiger partial charge in [-0.15, -0.1) is 0 Å². The van der Waals surface area contributed by atoms with Crippen molar-refractivity contribution in [3.8, 4) is 0 Å². The SMILES string of the molecule is Brc1cnccc1Nc1cccc2ccccc12. The van der Waals surface area contributed by atoms with Crippen molar-refractivity contribution < 1.29 is 0 Å². The summed E-state index contributed by atoms with van der Waals surface area (Å²) in [5, 5.41) is 5.87. The summed E-state index contributed by atoms with van der Waals surface area (Å²) in [6.07, 6.45) is 3.56. The van der Waals surface area contributed by atoms with Gasteiger partial charge in [-0.25, -0.2) is 0 Å². The minimum Gasteiger partial charge on any atom is -0.354 e. The number of nitrogens with one attached hydrogen (secondary N) is 1. The Kier molecular flexibility index (Phi) is 2.99. The Bertz CT molecular complexity index is 689. The van der Waals surface area contributed by atoms with Crippen molar-refractivity contribution in [1.82, 2.24) is 4.98 Å². The number of benzene rings is 2. The lowest BCUT2D eigenvalue weighted by atomic mass is 10.1. The molecule has 2 aromatic carbocycles. The van der Waals surface area contributed by atoms with E-state index in [-0.39, 0.29) is 0 Å². The monoisotopic (exact) mass is 298 g/mol. The lowest BCUT2D eigenvalue weighted by Gasteiger charge is -2.10. The van der Waals surface area contributed by atoms with Crippen LogP contribution in [0, 0.1) is 0 Å². The van der Waals surface area contributed by atoms with E-state index in [2.05, 4.69) is 68.7 Å². The van der Waals surface area contributed by atoms with Crippen LogP contribution in [-0.2, 0) is 0 Å². The number of aromatic nitrogens is 1. The molecule has 2 nitrogen and oxygen atoms in total. The zero-order valence-electron chi connectivity index (χ0n) is 9.60. The van der Waals surface area contributed by atoms with Crippen LogP contribution in [0.1, 0.15) is 0 Å². The molecule has 0 spiro atoms. The fourth-order valence-electron chi connectivity index (χ4n) is 1.96. The molecule has 0 radical (unpaired) electrons. The van der Waals surface area contributed by atoms with Crippen LogP contribution in [-0.4, -0.2) is 4.98 Å². The number of halogens is 1. The highest BCUT2D eigenvalue weighted by Gasteiger charge is 2.03. The zero-order valence-corrected chi connectivity index (χ0v) is 11.2. The summed E-state index contributed by atoms with van der Waals surface area (Å²) in [6, 6.07) is 16.5. The van der Waals surface area contributed by atoms with E-state index in [1.54, 1.807) is 12.4 Å². The van der Waals surface area contributed by atoms with Crippen LogP contribution in [0.15, 0.2) is 65.4 Å². The molecule has 1 heterocycles. The summed E-state index contributed by atoms with van der Waals surface area (Å²) < 4.78 is 0.956. The molecule has 3 heteroatoms. The first-order valence-electron chi connectivity index (χ1n) is 5.69. The molecule has 0 bridgehead atoms. The summed E-state index contributed by atoms with van der Waals surface area (Å²) in [5.41, 5.74) is 2.11. The lowest BCUT2D eigenvalue weighted by Crippen LogP contribution is -1.92. The van der Waals surface area contributed by atoms with Gasteiger partial charge in [0, 0.05) is 23.5 Å². The molecule has 3 rings (SSSR count). The molecule has 1 aromatic heterocycles. The van der Waals surface area contributed by atoms with Gasteiger partial charge in [-0.1, -0.05) is 36.4 Å². The predicted octanol–water partition coefficient (Wildman–Crippen LogP) is 4.74. The maximum absolute atomic E-state index is 4.06. The Morgan fingerprint density at radius 1 is 0.889 bits per heavy atom. The smallest absolute Gasteiger partial charge is 0.0593 e. The number of pyridine rings is 1. The highest BCUT2D eigenvalue weighted by atomic mass is 79.9. The summed E-state index contributed by atoms with van der Waals surface area (Å²) in [6.45, 7) is 0. The third-order valence-corrected chi connectivity index (χ3v) is 3.46. The highest BCUT2D eigenvalue weighted by molar-refractivity contribution is 9.10. The van der Waals surface area contributed by atoms with Crippen LogP contribution < -0.4 is 5.32 Å². The normalized spacial score (nSPS) is 10.5. The molecule has 0 aliphatic carbocycles. The second-order valence-electron chi connectivity index (χ2n) is 4.01.